The van der Waals surface area contributed by atoms with Crippen LogP contribution in [0.3, 0.4) is 0 Å². The summed E-state index contributed by atoms with van der Waals surface area (Å²) in [4.78, 5) is 13.3. The minimum atomic E-state index is -0.982. The minimum Gasteiger partial charge on any atom is -0.480 e. The van der Waals surface area contributed by atoms with Crippen molar-refractivity contribution >= 4 is 17.7 Å². The maximum atomic E-state index is 13.9. The third-order valence-electron chi connectivity index (χ3n) is 3.10. The minimum absolute atomic E-state index is 0.264. The number of aryl methyl sites for hydroxylation is 1. The lowest BCUT2D eigenvalue weighted by Crippen LogP contribution is -2.40. The van der Waals surface area contributed by atoms with Crippen molar-refractivity contribution in [3.05, 3.63) is 35.1 Å². The monoisotopic (exact) mass is 269 g/mol. The molecule has 0 radical (unpaired) electrons. The lowest BCUT2D eigenvalue weighted by Gasteiger charge is -2.32. The van der Waals surface area contributed by atoms with Crippen LogP contribution in [0.2, 0.25) is 0 Å². The van der Waals surface area contributed by atoms with Crippen LogP contribution in [0.1, 0.15) is 17.2 Å². The number of aliphatic carboxylic acids is 1. The number of hydrogen-bond donors (Lipinski definition) is 1. The SMILES string of the molecule is Cc1ccc([C@@H](C(=O)O)N2CCSCC2)c(F)c1. The summed E-state index contributed by atoms with van der Waals surface area (Å²) in [6.45, 7) is 3.17. The fraction of sp³-hybridized carbons (Fsp3) is 0.462. The van der Waals surface area contributed by atoms with Crippen molar-refractivity contribution in [3.63, 3.8) is 0 Å². The Balaban J connectivity index is 2.31. The Morgan fingerprint density at radius 1 is 1.44 bits per heavy atom. The van der Waals surface area contributed by atoms with Gasteiger partial charge in [-0.25, -0.2) is 4.39 Å². The molecule has 0 aromatic heterocycles. The Morgan fingerprint density at radius 3 is 2.67 bits per heavy atom. The molecule has 1 fully saturated rings. The lowest BCUT2D eigenvalue weighted by atomic mass is 10.0. The zero-order chi connectivity index (χ0) is 13.1. The Bertz CT molecular complexity index is 447. The molecule has 1 N–H and O–H groups in total. The van der Waals surface area contributed by atoms with Crippen LogP contribution >= 0.6 is 11.8 Å². The van der Waals surface area contributed by atoms with Gasteiger partial charge in [-0.3, -0.25) is 9.69 Å². The van der Waals surface area contributed by atoms with Crippen LogP contribution in [-0.2, 0) is 4.79 Å². The summed E-state index contributed by atoms with van der Waals surface area (Å²) in [5.74, 6) is 0.388. The van der Waals surface area contributed by atoms with E-state index in [9.17, 15) is 14.3 Å². The van der Waals surface area contributed by atoms with Gasteiger partial charge >= 0.3 is 5.97 Å². The number of carbonyl (C=O) groups is 1. The van der Waals surface area contributed by atoms with Gasteiger partial charge < -0.3 is 5.11 Å². The Kier molecular flexibility index (Phi) is 4.24. The number of halogens is 1. The molecule has 98 valence electrons. The van der Waals surface area contributed by atoms with Gasteiger partial charge in [0.05, 0.1) is 0 Å². The molecule has 0 saturated carbocycles. The molecular weight excluding hydrogens is 253 g/mol. The number of carboxylic acid groups (broad SMARTS) is 1. The molecule has 1 aromatic carbocycles. The molecule has 0 spiro atoms. The summed E-state index contributed by atoms with van der Waals surface area (Å²) in [6, 6.07) is 3.87. The van der Waals surface area contributed by atoms with Gasteiger partial charge in [0.2, 0.25) is 0 Å². The van der Waals surface area contributed by atoms with E-state index in [2.05, 4.69) is 0 Å². The first-order valence-corrected chi connectivity index (χ1v) is 7.05. The van der Waals surface area contributed by atoms with E-state index in [0.717, 1.165) is 17.1 Å². The first-order chi connectivity index (χ1) is 8.59. The summed E-state index contributed by atoms with van der Waals surface area (Å²) in [7, 11) is 0. The summed E-state index contributed by atoms with van der Waals surface area (Å²) in [5.41, 5.74) is 1.06. The summed E-state index contributed by atoms with van der Waals surface area (Å²) >= 11 is 1.80. The van der Waals surface area contributed by atoms with Gasteiger partial charge in [-0.15, -0.1) is 0 Å². The third-order valence-corrected chi connectivity index (χ3v) is 4.04. The van der Waals surface area contributed by atoms with Crippen molar-refractivity contribution in [1.29, 1.82) is 0 Å². The molecule has 18 heavy (non-hydrogen) atoms. The van der Waals surface area contributed by atoms with Crippen molar-refractivity contribution in [2.24, 2.45) is 0 Å². The number of rotatable bonds is 3. The quantitative estimate of drug-likeness (QED) is 0.914. The predicted octanol–water partition coefficient (Wildman–Crippen LogP) is 2.31. The van der Waals surface area contributed by atoms with Crippen molar-refractivity contribution in [2.75, 3.05) is 24.6 Å². The number of hydrogen-bond acceptors (Lipinski definition) is 3. The lowest BCUT2D eigenvalue weighted by molar-refractivity contribution is -0.143. The van der Waals surface area contributed by atoms with Crippen molar-refractivity contribution < 1.29 is 14.3 Å². The maximum absolute atomic E-state index is 13.9. The zero-order valence-electron chi connectivity index (χ0n) is 10.2. The van der Waals surface area contributed by atoms with Gasteiger partial charge in [0.25, 0.3) is 0 Å². The molecule has 0 bridgehead atoms. The van der Waals surface area contributed by atoms with E-state index in [4.69, 9.17) is 0 Å². The molecule has 1 saturated heterocycles. The van der Waals surface area contributed by atoms with Gasteiger partial charge in [0, 0.05) is 30.2 Å². The van der Waals surface area contributed by atoms with E-state index in [-0.39, 0.29) is 5.56 Å². The van der Waals surface area contributed by atoms with E-state index >= 15 is 0 Å². The number of thioether (sulfide) groups is 1. The summed E-state index contributed by atoms with van der Waals surface area (Å²) in [5, 5.41) is 9.36. The van der Waals surface area contributed by atoms with Gasteiger partial charge in [0.15, 0.2) is 0 Å². The Labute approximate surface area is 110 Å². The Hall–Kier alpha value is -1.07. The molecule has 1 aromatic rings. The predicted molar refractivity (Wildman–Crippen MR) is 70.4 cm³/mol. The molecule has 5 heteroatoms. The molecule has 0 amide bonds. The second-order valence-electron chi connectivity index (χ2n) is 4.41. The van der Waals surface area contributed by atoms with Crippen molar-refractivity contribution in [3.8, 4) is 0 Å². The van der Waals surface area contributed by atoms with E-state index in [1.807, 2.05) is 4.90 Å². The second kappa shape index (κ2) is 5.71. The smallest absolute Gasteiger partial charge is 0.325 e. The molecule has 2 rings (SSSR count). The first-order valence-electron chi connectivity index (χ1n) is 5.90. The van der Waals surface area contributed by atoms with E-state index in [1.165, 1.54) is 6.07 Å². The maximum Gasteiger partial charge on any atom is 0.325 e. The number of benzene rings is 1. The van der Waals surface area contributed by atoms with Crippen LogP contribution in [-0.4, -0.2) is 40.6 Å². The van der Waals surface area contributed by atoms with Crippen LogP contribution in [0, 0.1) is 12.7 Å². The van der Waals surface area contributed by atoms with Crippen molar-refractivity contribution in [2.45, 2.75) is 13.0 Å². The van der Waals surface area contributed by atoms with Crippen LogP contribution < -0.4 is 0 Å². The van der Waals surface area contributed by atoms with Crippen molar-refractivity contribution in [1.82, 2.24) is 4.90 Å². The molecule has 3 nitrogen and oxygen atoms in total. The summed E-state index contributed by atoms with van der Waals surface area (Å²) < 4.78 is 13.9. The highest BCUT2D eigenvalue weighted by atomic mass is 32.2. The molecule has 1 aliphatic heterocycles. The highest BCUT2D eigenvalue weighted by Crippen LogP contribution is 2.27. The van der Waals surface area contributed by atoms with E-state index in [0.29, 0.717) is 13.1 Å². The normalized spacial score (nSPS) is 18.6. The van der Waals surface area contributed by atoms with E-state index < -0.39 is 17.8 Å². The number of nitrogens with zero attached hydrogens (tertiary/aromatic N) is 1. The summed E-state index contributed by atoms with van der Waals surface area (Å²) in [6.07, 6.45) is 0. The standard InChI is InChI=1S/C13H16FNO2S/c1-9-2-3-10(11(14)8-9)12(13(16)17)15-4-6-18-7-5-15/h2-3,8,12H,4-7H2,1H3,(H,16,17)/t12-/m0/s1. The Morgan fingerprint density at radius 2 is 2.11 bits per heavy atom. The highest BCUT2D eigenvalue weighted by Gasteiger charge is 2.30. The largest absolute Gasteiger partial charge is 0.480 e. The van der Waals surface area contributed by atoms with Gasteiger partial charge in [0.1, 0.15) is 11.9 Å². The molecular formula is C13H16FNO2S. The van der Waals surface area contributed by atoms with Gasteiger partial charge in [-0.2, -0.15) is 11.8 Å². The van der Waals surface area contributed by atoms with Crippen LogP contribution in [0.25, 0.3) is 0 Å². The highest BCUT2D eigenvalue weighted by molar-refractivity contribution is 7.99. The molecule has 0 unspecified atom stereocenters. The molecule has 0 aliphatic carbocycles. The average molecular weight is 269 g/mol. The fourth-order valence-electron chi connectivity index (χ4n) is 2.18. The second-order valence-corrected chi connectivity index (χ2v) is 5.64. The molecule has 1 atom stereocenters. The molecule has 1 aliphatic rings. The first kappa shape index (κ1) is 13.4. The third kappa shape index (κ3) is 2.84. The van der Waals surface area contributed by atoms with Crippen LogP contribution in [0.15, 0.2) is 18.2 Å². The van der Waals surface area contributed by atoms with Gasteiger partial charge in [-0.05, 0) is 18.6 Å². The fourth-order valence-corrected chi connectivity index (χ4v) is 3.11. The average Bonchev–Trinajstić information content (AvgIpc) is 2.33. The van der Waals surface area contributed by atoms with Crippen LogP contribution in [0.4, 0.5) is 4.39 Å². The van der Waals surface area contributed by atoms with E-state index in [1.54, 1.807) is 30.8 Å². The van der Waals surface area contributed by atoms with Gasteiger partial charge in [-0.1, -0.05) is 12.1 Å². The zero-order valence-corrected chi connectivity index (χ0v) is 11.0. The molecule has 1 heterocycles. The topological polar surface area (TPSA) is 40.5 Å². The number of carboxylic acids is 1. The van der Waals surface area contributed by atoms with Crippen LogP contribution in [0.5, 0.6) is 0 Å².